The number of anilines is 1. The van der Waals surface area contributed by atoms with Gasteiger partial charge in [0.05, 0.1) is 10.6 Å². The molecule has 0 aliphatic carbocycles. The number of para-hydroxylation sites is 1. The van der Waals surface area contributed by atoms with Gasteiger partial charge in [-0.2, -0.15) is 0 Å². The third-order valence-electron chi connectivity index (χ3n) is 2.49. The van der Waals surface area contributed by atoms with E-state index in [0.717, 1.165) is 6.07 Å². The lowest BCUT2D eigenvalue weighted by atomic mass is 10.2. The number of hydrogen-bond donors (Lipinski definition) is 2. The van der Waals surface area contributed by atoms with Gasteiger partial charge in [-0.25, -0.2) is 13.2 Å². The van der Waals surface area contributed by atoms with E-state index >= 15 is 0 Å². The Morgan fingerprint density at radius 2 is 1.75 bits per heavy atom. The number of aromatic carboxylic acids is 1. The highest BCUT2D eigenvalue weighted by molar-refractivity contribution is 7.92. The molecule has 7 heteroatoms. The molecule has 0 saturated carbocycles. The molecule has 0 atom stereocenters. The number of halogens is 1. The molecule has 0 radical (unpaired) electrons. The highest BCUT2D eigenvalue weighted by Crippen LogP contribution is 2.25. The summed E-state index contributed by atoms with van der Waals surface area (Å²) in [5, 5.41) is 8.85. The lowest BCUT2D eigenvalue weighted by molar-refractivity contribution is 0.0696. The fourth-order valence-electron chi connectivity index (χ4n) is 1.56. The molecule has 0 spiro atoms. The van der Waals surface area contributed by atoms with E-state index in [4.69, 9.17) is 16.7 Å². The van der Waals surface area contributed by atoms with Crippen molar-refractivity contribution < 1.29 is 18.3 Å². The van der Waals surface area contributed by atoms with Gasteiger partial charge < -0.3 is 5.11 Å². The topological polar surface area (TPSA) is 83.5 Å². The van der Waals surface area contributed by atoms with Crippen LogP contribution in [0.1, 0.15) is 10.4 Å². The lowest BCUT2D eigenvalue weighted by Gasteiger charge is -2.10. The summed E-state index contributed by atoms with van der Waals surface area (Å²) in [7, 11) is -3.95. The molecule has 0 unspecified atom stereocenters. The van der Waals surface area contributed by atoms with Gasteiger partial charge in [0, 0.05) is 5.69 Å². The Hall–Kier alpha value is -2.05. The maximum absolute atomic E-state index is 12.2. The fourth-order valence-corrected chi connectivity index (χ4v) is 3.14. The summed E-state index contributed by atoms with van der Waals surface area (Å²) in [5.41, 5.74) is 0.215. The van der Waals surface area contributed by atoms with Crippen LogP contribution in [-0.4, -0.2) is 19.5 Å². The average Bonchev–Trinajstić information content (AvgIpc) is 2.39. The molecule has 0 fully saturated rings. The zero-order valence-electron chi connectivity index (χ0n) is 10.1. The van der Waals surface area contributed by atoms with E-state index in [0.29, 0.717) is 5.69 Å². The Bertz CT molecular complexity index is 744. The van der Waals surface area contributed by atoms with E-state index in [9.17, 15) is 13.2 Å². The van der Waals surface area contributed by atoms with Crippen LogP contribution in [0, 0.1) is 0 Å². The van der Waals surface area contributed by atoms with Crippen molar-refractivity contribution in [1.29, 1.82) is 0 Å². The smallest absolute Gasteiger partial charge is 0.335 e. The van der Waals surface area contributed by atoms with Crippen LogP contribution >= 0.6 is 11.6 Å². The van der Waals surface area contributed by atoms with Gasteiger partial charge in [0.1, 0.15) is 4.90 Å². The molecule has 104 valence electrons. The van der Waals surface area contributed by atoms with E-state index < -0.39 is 16.0 Å². The summed E-state index contributed by atoms with van der Waals surface area (Å²) >= 11 is 5.84. The van der Waals surface area contributed by atoms with Crippen LogP contribution in [0.4, 0.5) is 5.69 Å². The SMILES string of the molecule is O=C(O)c1ccc(Cl)c(S(=O)(=O)Nc2ccccc2)c1. The summed E-state index contributed by atoms with van der Waals surface area (Å²) in [4.78, 5) is 10.6. The van der Waals surface area contributed by atoms with Gasteiger partial charge in [-0.1, -0.05) is 29.8 Å². The van der Waals surface area contributed by atoms with Gasteiger partial charge >= 0.3 is 5.97 Å². The van der Waals surface area contributed by atoms with Crippen molar-refractivity contribution in [3.8, 4) is 0 Å². The number of benzene rings is 2. The number of sulfonamides is 1. The second-order valence-corrected chi connectivity index (χ2v) is 5.98. The van der Waals surface area contributed by atoms with Gasteiger partial charge in [0.2, 0.25) is 0 Å². The van der Waals surface area contributed by atoms with Gasteiger partial charge in [-0.05, 0) is 30.3 Å². The largest absolute Gasteiger partial charge is 0.478 e. The van der Waals surface area contributed by atoms with E-state index in [2.05, 4.69) is 4.72 Å². The number of nitrogens with one attached hydrogen (secondary N) is 1. The number of carboxylic acid groups (broad SMARTS) is 1. The van der Waals surface area contributed by atoms with Gasteiger partial charge in [0.15, 0.2) is 0 Å². The summed E-state index contributed by atoms with van der Waals surface area (Å²) in [6.07, 6.45) is 0. The summed E-state index contributed by atoms with van der Waals surface area (Å²) in [6.45, 7) is 0. The number of hydrogen-bond acceptors (Lipinski definition) is 3. The maximum atomic E-state index is 12.2. The zero-order chi connectivity index (χ0) is 14.8. The van der Waals surface area contributed by atoms with E-state index in [1.165, 1.54) is 12.1 Å². The van der Waals surface area contributed by atoms with Crippen LogP contribution in [0.3, 0.4) is 0 Å². The zero-order valence-corrected chi connectivity index (χ0v) is 11.6. The summed E-state index contributed by atoms with van der Waals surface area (Å²) in [6, 6.07) is 11.8. The van der Waals surface area contributed by atoms with Crippen molar-refractivity contribution in [3.05, 3.63) is 59.1 Å². The van der Waals surface area contributed by atoms with Crippen molar-refractivity contribution in [2.24, 2.45) is 0 Å². The first-order valence-corrected chi connectivity index (χ1v) is 7.37. The standard InChI is InChI=1S/C13H10ClNO4S/c14-11-7-6-9(13(16)17)8-12(11)20(18,19)15-10-4-2-1-3-5-10/h1-8,15H,(H,16,17). The van der Waals surface area contributed by atoms with Crippen molar-refractivity contribution >= 4 is 33.3 Å². The molecule has 2 N–H and O–H groups in total. The quantitative estimate of drug-likeness (QED) is 0.909. The third kappa shape index (κ3) is 3.09. The van der Waals surface area contributed by atoms with E-state index in [1.54, 1.807) is 30.3 Å². The number of carbonyl (C=O) groups is 1. The molecule has 0 aliphatic rings. The van der Waals surface area contributed by atoms with Gasteiger partial charge in [-0.15, -0.1) is 0 Å². The molecule has 0 saturated heterocycles. The Kier molecular flexibility index (Phi) is 3.96. The van der Waals surface area contributed by atoms with Crippen LogP contribution in [0.15, 0.2) is 53.4 Å². The molecule has 20 heavy (non-hydrogen) atoms. The molecule has 0 heterocycles. The van der Waals surface area contributed by atoms with Crippen LogP contribution in [0.25, 0.3) is 0 Å². The third-order valence-corrected chi connectivity index (χ3v) is 4.36. The molecular weight excluding hydrogens is 302 g/mol. The van der Waals surface area contributed by atoms with E-state index in [-0.39, 0.29) is 15.5 Å². The first kappa shape index (κ1) is 14.4. The van der Waals surface area contributed by atoms with Gasteiger partial charge in [-0.3, -0.25) is 4.72 Å². The predicted octanol–water partition coefficient (Wildman–Crippen LogP) is 2.84. The van der Waals surface area contributed by atoms with Crippen LogP contribution in [0.2, 0.25) is 5.02 Å². The number of carboxylic acids is 1. The minimum absolute atomic E-state index is 0.0431. The first-order chi connectivity index (χ1) is 9.40. The van der Waals surface area contributed by atoms with Gasteiger partial charge in [0.25, 0.3) is 10.0 Å². The van der Waals surface area contributed by atoms with Crippen molar-refractivity contribution in [3.63, 3.8) is 0 Å². The molecule has 0 aliphatic heterocycles. The second kappa shape index (κ2) is 5.52. The highest BCUT2D eigenvalue weighted by Gasteiger charge is 2.20. The Morgan fingerprint density at radius 3 is 2.35 bits per heavy atom. The number of rotatable bonds is 4. The van der Waals surface area contributed by atoms with Crippen molar-refractivity contribution in [2.75, 3.05) is 4.72 Å². The molecule has 2 aromatic carbocycles. The fraction of sp³-hybridized carbons (Fsp3) is 0. The summed E-state index contributed by atoms with van der Waals surface area (Å²) in [5.74, 6) is -1.22. The van der Waals surface area contributed by atoms with Crippen LogP contribution in [0.5, 0.6) is 0 Å². The Balaban J connectivity index is 2.44. The molecule has 0 bridgehead atoms. The predicted molar refractivity (Wildman–Crippen MR) is 75.7 cm³/mol. The Labute approximate surface area is 120 Å². The average molecular weight is 312 g/mol. The van der Waals surface area contributed by atoms with Crippen molar-refractivity contribution in [2.45, 2.75) is 4.90 Å². The van der Waals surface area contributed by atoms with Crippen LogP contribution in [-0.2, 0) is 10.0 Å². The Morgan fingerprint density at radius 1 is 1.10 bits per heavy atom. The second-order valence-electron chi connectivity index (χ2n) is 3.92. The minimum atomic E-state index is -3.95. The summed E-state index contributed by atoms with van der Waals surface area (Å²) < 4.78 is 26.8. The molecule has 0 aromatic heterocycles. The van der Waals surface area contributed by atoms with Crippen molar-refractivity contribution in [1.82, 2.24) is 0 Å². The minimum Gasteiger partial charge on any atom is -0.478 e. The lowest BCUT2D eigenvalue weighted by Crippen LogP contribution is -2.14. The highest BCUT2D eigenvalue weighted by atomic mass is 35.5. The van der Waals surface area contributed by atoms with E-state index in [1.807, 2.05) is 0 Å². The normalized spacial score (nSPS) is 11.1. The molecule has 0 amide bonds. The monoisotopic (exact) mass is 311 g/mol. The molecule has 2 aromatic rings. The molecular formula is C13H10ClNO4S. The van der Waals surface area contributed by atoms with Crippen LogP contribution < -0.4 is 4.72 Å². The first-order valence-electron chi connectivity index (χ1n) is 5.51. The maximum Gasteiger partial charge on any atom is 0.335 e. The molecule has 5 nitrogen and oxygen atoms in total. The molecule has 2 rings (SSSR count).